The minimum Gasteiger partial charge on any atom is -0.450 e. The quantitative estimate of drug-likeness (QED) is 0.609. The van der Waals surface area contributed by atoms with Crippen molar-refractivity contribution in [1.82, 2.24) is 10.6 Å². The number of ether oxygens (including phenoxy) is 1. The van der Waals surface area contributed by atoms with Crippen molar-refractivity contribution in [2.75, 3.05) is 19.7 Å². The van der Waals surface area contributed by atoms with Crippen molar-refractivity contribution >= 4 is 6.09 Å². The summed E-state index contributed by atoms with van der Waals surface area (Å²) in [5.41, 5.74) is 0. The van der Waals surface area contributed by atoms with Gasteiger partial charge in [0.1, 0.15) is 0 Å². The summed E-state index contributed by atoms with van der Waals surface area (Å²) in [6.07, 6.45) is 3.18. The molecule has 0 spiro atoms. The molecule has 1 atom stereocenters. The van der Waals surface area contributed by atoms with Crippen LogP contribution in [0.5, 0.6) is 0 Å². The van der Waals surface area contributed by atoms with Crippen molar-refractivity contribution in [1.29, 1.82) is 0 Å². The number of alkyl carbamates (subject to hydrolysis) is 1. The van der Waals surface area contributed by atoms with Crippen molar-refractivity contribution in [3.8, 4) is 0 Å². The second-order valence-corrected chi connectivity index (χ2v) is 3.50. The molecule has 0 aliphatic rings. The van der Waals surface area contributed by atoms with E-state index >= 15 is 0 Å². The molecule has 0 aliphatic heterocycles. The van der Waals surface area contributed by atoms with Crippen LogP contribution in [0, 0.1) is 0 Å². The van der Waals surface area contributed by atoms with E-state index in [4.69, 9.17) is 4.74 Å². The van der Waals surface area contributed by atoms with Crippen LogP contribution in [-0.2, 0) is 4.74 Å². The number of amides is 1. The molecule has 1 unspecified atom stereocenters. The highest BCUT2D eigenvalue weighted by molar-refractivity contribution is 5.66. The number of rotatable bonds is 8. The Bertz CT molecular complexity index is 163. The molecule has 0 fully saturated rings. The lowest BCUT2D eigenvalue weighted by molar-refractivity contribution is 0.152. The van der Waals surface area contributed by atoms with Crippen molar-refractivity contribution < 1.29 is 9.53 Å². The summed E-state index contributed by atoms with van der Waals surface area (Å²) in [6.45, 7) is 8.00. The Balaban J connectivity index is 3.39. The molecule has 4 nitrogen and oxygen atoms in total. The molecular formula is C11H24N2O2. The molecule has 0 saturated carbocycles. The fraction of sp³-hybridized carbons (Fsp3) is 0.909. The molecule has 0 aromatic carbocycles. The van der Waals surface area contributed by atoms with Gasteiger partial charge >= 0.3 is 6.09 Å². The fourth-order valence-corrected chi connectivity index (χ4v) is 1.42. The van der Waals surface area contributed by atoms with E-state index in [1.54, 1.807) is 6.92 Å². The van der Waals surface area contributed by atoms with Crippen LogP contribution in [-0.4, -0.2) is 31.8 Å². The third-order valence-corrected chi connectivity index (χ3v) is 2.23. The molecule has 0 aliphatic carbocycles. The molecule has 0 heterocycles. The van der Waals surface area contributed by atoms with Crippen molar-refractivity contribution in [2.45, 2.75) is 46.1 Å². The van der Waals surface area contributed by atoms with Gasteiger partial charge in [0.15, 0.2) is 0 Å². The number of nitrogens with one attached hydrogen (secondary N) is 2. The van der Waals surface area contributed by atoms with Crippen LogP contribution in [0.15, 0.2) is 0 Å². The topological polar surface area (TPSA) is 50.4 Å². The van der Waals surface area contributed by atoms with Gasteiger partial charge in [-0.2, -0.15) is 0 Å². The van der Waals surface area contributed by atoms with Crippen LogP contribution in [0.1, 0.15) is 40.0 Å². The monoisotopic (exact) mass is 216 g/mol. The van der Waals surface area contributed by atoms with E-state index < -0.39 is 0 Å². The third kappa shape index (κ3) is 8.24. The van der Waals surface area contributed by atoms with E-state index in [1.807, 2.05) is 0 Å². The Kier molecular flexibility index (Phi) is 9.27. The van der Waals surface area contributed by atoms with Gasteiger partial charge in [-0.05, 0) is 19.8 Å². The average molecular weight is 216 g/mol. The molecule has 0 aromatic heterocycles. The van der Waals surface area contributed by atoms with Gasteiger partial charge in [-0.25, -0.2) is 4.79 Å². The van der Waals surface area contributed by atoms with Gasteiger partial charge < -0.3 is 15.4 Å². The molecule has 0 aromatic rings. The van der Waals surface area contributed by atoms with Crippen LogP contribution in [0.2, 0.25) is 0 Å². The molecule has 15 heavy (non-hydrogen) atoms. The van der Waals surface area contributed by atoms with Gasteiger partial charge in [-0.15, -0.1) is 0 Å². The summed E-state index contributed by atoms with van der Waals surface area (Å²) in [6, 6.07) is 0.569. The Morgan fingerprint density at radius 1 is 1.27 bits per heavy atom. The van der Waals surface area contributed by atoms with E-state index in [0.29, 0.717) is 19.2 Å². The number of hydrogen-bond acceptors (Lipinski definition) is 3. The Morgan fingerprint density at radius 3 is 2.53 bits per heavy atom. The van der Waals surface area contributed by atoms with Gasteiger partial charge in [0.05, 0.1) is 6.61 Å². The molecule has 0 rings (SSSR count). The van der Waals surface area contributed by atoms with Gasteiger partial charge in [0, 0.05) is 19.1 Å². The van der Waals surface area contributed by atoms with Gasteiger partial charge in [-0.3, -0.25) is 0 Å². The molecule has 2 N–H and O–H groups in total. The summed E-state index contributed by atoms with van der Waals surface area (Å²) in [5, 5.41) is 6.08. The average Bonchev–Trinajstić information content (AvgIpc) is 2.23. The summed E-state index contributed by atoms with van der Waals surface area (Å²) in [4.78, 5) is 10.9. The minimum atomic E-state index is -0.331. The SMILES string of the molecule is CCCC(CC)NCCNC(=O)OCC. The lowest BCUT2D eigenvalue weighted by atomic mass is 10.1. The van der Waals surface area contributed by atoms with Crippen LogP contribution >= 0.6 is 0 Å². The first kappa shape index (κ1) is 14.2. The highest BCUT2D eigenvalue weighted by atomic mass is 16.5. The van der Waals surface area contributed by atoms with E-state index in [2.05, 4.69) is 24.5 Å². The maximum atomic E-state index is 10.9. The second-order valence-electron chi connectivity index (χ2n) is 3.50. The first-order valence-corrected chi connectivity index (χ1v) is 5.88. The largest absolute Gasteiger partial charge is 0.450 e. The zero-order valence-corrected chi connectivity index (χ0v) is 10.1. The minimum absolute atomic E-state index is 0.331. The predicted octanol–water partition coefficient (Wildman–Crippen LogP) is 1.90. The second kappa shape index (κ2) is 9.77. The van der Waals surface area contributed by atoms with Gasteiger partial charge in [-0.1, -0.05) is 20.3 Å². The maximum absolute atomic E-state index is 10.9. The van der Waals surface area contributed by atoms with E-state index in [1.165, 1.54) is 12.8 Å². The standard InChI is InChI=1S/C11H24N2O2/c1-4-7-10(5-2)12-8-9-13-11(14)15-6-3/h10,12H,4-9H2,1-3H3,(H,13,14). The highest BCUT2D eigenvalue weighted by Gasteiger charge is 2.03. The molecular weight excluding hydrogens is 192 g/mol. The Hall–Kier alpha value is -0.770. The molecule has 0 saturated heterocycles. The molecule has 90 valence electrons. The Labute approximate surface area is 92.8 Å². The Morgan fingerprint density at radius 2 is 2.00 bits per heavy atom. The van der Waals surface area contributed by atoms with Gasteiger partial charge in [0.2, 0.25) is 0 Å². The molecule has 4 heteroatoms. The third-order valence-electron chi connectivity index (χ3n) is 2.23. The fourth-order valence-electron chi connectivity index (χ4n) is 1.42. The molecule has 0 bridgehead atoms. The smallest absolute Gasteiger partial charge is 0.407 e. The summed E-state index contributed by atoms with van der Waals surface area (Å²) in [7, 11) is 0. The zero-order valence-electron chi connectivity index (χ0n) is 10.1. The van der Waals surface area contributed by atoms with Crippen LogP contribution in [0.4, 0.5) is 4.79 Å². The summed E-state index contributed by atoms with van der Waals surface area (Å²) in [5.74, 6) is 0. The zero-order chi connectivity index (χ0) is 11.5. The molecule has 1 amide bonds. The van der Waals surface area contributed by atoms with Crippen molar-refractivity contribution in [3.63, 3.8) is 0 Å². The number of hydrogen-bond donors (Lipinski definition) is 2. The van der Waals surface area contributed by atoms with E-state index in [0.717, 1.165) is 13.0 Å². The van der Waals surface area contributed by atoms with Crippen molar-refractivity contribution in [3.05, 3.63) is 0 Å². The van der Waals surface area contributed by atoms with Crippen LogP contribution < -0.4 is 10.6 Å². The first-order valence-electron chi connectivity index (χ1n) is 5.88. The lowest BCUT2D eigenvalue weighted by Gasteiger charge is -2.15. The summed E-state index contributed by atoms with van der Waals surface area (Å²) >= 11 is 0. The highest BCUT2D eigenvalue weighted by Crippen LogP contribution is 1.99. The normalized spacial score (nSPS) is 12.2. The maximum Gasteiger partial charge on any atom is 0.407 e. The van der Waals surface area contributed by atoms with Crippen molar-refractivity contribution in [2.24, 2.45) is 0 Å². The van der Waals surface area contributed by atoms with Gasteiger partial charge in [0.25, 0.3) is 0 Å². The first-order chi connectivity index (χ1) is 7.24. The number of carbonyl (C=O) groups excluding carboxylic acids is 1. The van der Waals surface area contributed by atoms with Crippen LogP contribution in [0.3, 0.4) is 0 Å². The predicted molar refractivity (Wildman–Crippen MR) is 62.0 cm³/mol. The molecule has 0 radical (unpaired) electrons. The summed E-state index contributed by atoms with van der Waals surface area (Å²) < 4.78 is 4.74. The van der Waals surface area contributed by atoms with E-state index in [-0.39, 0.29) is 6.09 Å². The number of carbonyl (C=O) groups is 1. The van der Waals surface area contributed by atoms with E-state index in [9.17, 15) is 4.79 Å². The van der Waals surface area contributed by atoms with Crippen LogP contribution in [0.25, 0.3) is 0 Å². The lowest BCUT2D eigenvalue weighted by Crippen LogP contribution is -2.36.